The van der Waals surface area contributed by atoms with E-state index in [0.717, 1.165) is 32.6 Å². The molecule has 0 bridgehead atoms. The Kier molecular flexibility index (Phi) is 3.26. The van der Waals surface area contributed by atoms with Gasteiger partial charge < -0.3 is 9.52 Å². The van der Waals surface area contributed by atoms with Crippen molar-refractivity contribution in [3.8, 4) is 0 Å². The number of rotatable bonds is 3. The van der Waals surface area contributed by atoms with E-state index >= 15 is 0 Å². The van der Waals surface area contributed by atoms with Crippen molar-refractivity contribution < 1.29 is 14.3 Å². The molecular weight excluding hydrogens is 320 g/mol. The van der Waals surface area contributed by atoms with Gasteiger partial charge in [0.15, 0.2) is 0 Å². The summed E-state index contributed by atoms with van der Waals surface area (Å²) in [6, 6.07) is 9.94. The van der Waals surface area contributed by atoms with Gasteiger partial charge in [-0.05, 0) is 39.2 Å². The molecule has 3 rings (SSSR count). The highest BCUT2D eigenvalue weighted by molar-refractivity contribution is 9.10. The molecule has 0 atom stereocenters. The van der Waals surface area contributed by atoms with Crippen LogP contribution in [0.3, 0.4) is 0 Å². The summed E-state index contributed by atoms with van der Waals surface area (Å²) in [4.78, 5) is 11.4. The lowest BCUT2D eigenvalue weighted by molar-refractivity contribution is 0.0663. The second kappa shape index (κ2) is 4.94. The molecule has 0 radical (unpaired) electrons. The van der Waals surface area contributed by atoms with Gasteiger partial charge in [-0.25, -0.2) is 4.79 Å². The van der Waals surface area contributed by atoms with Crippen LogP contribution in [0.25, 0.3) is 21.7 Å². The molecule has 1 heterocycles. The Labute approximate surface area is 124 Å². The van der Waals surface area contributed by atoms with Crippen LogP contribution in [0.4, 0.5) is 0 Å². The Morgan fingerprint density at radius 1 is 1.30 bits per heavy atom. The second-order valence-corrected chi connectivity index (χ2v) is 5.55. The van der Waals surface area contributed by atoms with Gasteiger partial charge in [0.1, 0.15) is 5.58 Å². The number of carboxylic acids is 1. The molecule has 2 aromatic carbocycles. The number of aromatic carboxylic acids is 1. The van der Waals surface area contributed by atoms with Crippen LogP contribution in [-0.4, -0.2) is 11.1 Å². The van der Waals surface area contributed by atoms with E-state index in [-0.39, 0.29) is 5.76 Å². The first-order valence-corrected chi connectivity index (χ1v) is 7.28. The second-order valence-electron chi connectivity index (χ2n) is 4.75. The first-order valence-electron chi connectivity index (χ1n) is 6.49. The summed E-state index contributed by atoms with van der Waals surface area (Å²) < 4.78 is 6.42. The Morgan fingerprint density at radius 2 is 2.05 bits per heavy atom. The monoisotopic (exact) mass is 332 g/mol. The number of benzene rings is 2. The topological polar surface area (TPSA) is 50.4 Å². The van der Waals surface area contributed by atoms with Crippen LogP contribution < -0.4 is 0 Å². The van der Waals surface area contributed by atoms with Crippen LogP contribution >= 0.6 is 15.9 Å². The number of fused-ring (bicyclic) bond motifs is 2. The van der Waals surface area contributed by atoms with E-state index in [9.17, 15) is 9.90 Å². The standard InChI is InChI=1S/C16H13BrO3/c1-2-5-11-12-8-9-6-3-4-7-10(9)13(17)14(12)20-15(11)16(18)19/h3-4,6-8H,2,5H2,1H3,(H,18,19). The summed E-state index contributed by atoms with van der Waals surface area (Å²) in [6.45, 7) is 2.03. The SMILES string of the molecule is CCCc1c(C(=O)O)oc2c(Br)c3ccccc3cc12. The van der Waals surface area contributed by atoms with E-state index in [4.69, 9.17) is 4.42 Å². The van der Waals surface area contributed by atoms with Gasteiger partial charge >= 0.3 is 5.97 Å². The van der Waals surface area contributed by atoms with Crippen LogP contribution in [0.2, 0.25) is 0 Å². The van der Waals surface area contributed by atoms with Gasteiger partial charge in [0.05, 0.1) is 4.47 Å². The fourth-order valence-electron chi connectivity index (χ4n) is 2.57. The molecular formula is C16H13BrO3. The summed E-state index contributed by atoms with van der Waals surface area (Å²) in [5, 5.41) is 12.3. The van der Waals surface area contributed by atoms with Crippen molar-refractivity contribution in [3.05, 3.63) is 46.1 Å². The third kappa shape index (κ3) is 1.91. The molecule has 0 saturated carbocycles. The maximum Gasteiger partial charge on any atom is 0.372 e. The molecule has 0 unspecified atom stereocenters. The highest BCUT2D eigenvalue weighted by Crippen LogP contribution is 2.37. The first-order chi connectivity index (χ1) is 9.63. The molecule has 0 aliphatic heterocycles. The number of aryl methyl sites for hydroxylation is 1. The molecule has 0 fully saturated rings. The number of carboxylic acid groups (broad SMARTS) is 1. The quantitative estimate of drug-likeness (QED) is 0.734. The lowest BCUT2D eigenvalue weighted by Crippen LogP contribution is -1.98. The average Bonchev–Trinajstić information content (AvgIpc) is 2.79. The first kappa shape index (κ1) is 13.2. The van der Waals surface area contributed by atoms with Crippen molar-refractivity contribution in [1.82, 2.24) is 0 Å². The molecule has 0 amide bonds. The lowest BCUT2D eigenvalue weighted by Gasteiger charge is -2.02. The van der Waals surface area contributed by atoms with Gasteiger partial charge in [0.25, 0.3) is 0 Å². The Morgan fingerprint density at radius 3 is 2.75 bits per heavy atom. The minimum Gasteiger partial charge on any atom is -0.475 e. The van der Waals surface area contributed by atoms with E-state index < -0.39 is 5.97 Å². The van der Waals surface area contributed by atoms with Crippen molar-refractivity contribution in [1.29, 1.82) is 0 Å². The normalized spacial score (nSPS) is 11.3. The van der Waals surface area contributed by atoms with Crippen molar-refractivity contribution in [2.75, 3.05) is 0 Å². The van der Waals surface area contributed by atoms with Gasteiger partial charge in [-0.15, -0.1) is 0 Å². The minimum atomic E-state index is -1.01. The highest BCUT2D eigenvalue weighted by Gasteiger charge is 2.21. The number of halogens is 1. The third-order valence-electron chi connectivity index (χ3n) is 3.44. The maximum absolute atomic E-state index is 11.4. The van der Waals surface area contributed by atoms with E-state index in [1.165, 1.54) is 0 Å². The molecule has 3 aromatic rings. The zero-order valence-electron chi connectivity index (χ0n) is 10.9. The molecule has 4 heteroatoms. The Bertz CT molecular complexity index is 817. The molecule has 1 N–H and O–H groups in total. The van der Waals surface area contributed by atoms with Gasteiger partial charge in [0.2, 0.25) is 5.76 Å². The van der Waals surface area contributed by atoms with E-state index in [2.05, 4.69) is 15.9 Å². The molecule has 102 valence electrons. The summed E-state index contributed by atoms with van der Waals surface area (Å²) in [7, 11) is 0. The van der Waals surface area contributed by atoms with Crippen LogP contribution in [0.1, 0.15) is 29.5 Å². The maximum atomic E-state index is 11.4. The highest BCUT2D eigenvalue weighted by atomic mass is 79.9. The fourth-order valence-corrected chi connectivity index (χ4v) is 3.22. The van der Waals surface area contributed by atoms with Crippen LogP contribution in [-0.2, 0) is 6.42 Å². The lowest BCUT2D eigenvalue weighted by atomic mass is 10.0. The third-order valence-corrected chi connectivity index (χ3v) is 4.23. The van der Waals surface area contributed by atoms with E-state index in [1.807, 2.05) is 37.3 Å². The molecule has 1 aromatic heterocycles. The summed E-state index contributed by atoms with van der Waals surface area (Å²) in [6.07, 6.45) is 1.57. The van der Waals surface area contributed by atoms with E-state index in [0.29, 0.717) is 12.0 Å². The van der Waals surface area contributed by atoms with Gasteiger partial charge in [-0.1, -0.05) is 37.6 Å². The molecule has 0 aliphatic rings. The fraction of sp³-hybridized carbons (Fsp3) is 0.188. The van der Waals surface area contributed by atoms with Crippen molar-refractivity contribution >= 4 is 43.6 Å². The Hall–Kier alpha value is -1.81. The summed E-state index contributed by atoms with van der Waals surface area (Å²) >= 11 is 3.54. The zero-order chi connectivity index (χ0) is 14.3. The van der Waals surface area contributed by atoms with Crippen LogP contribution in [0, 0.1) is 0 Å². The molecule has 3 nitrogen and oxygen atoms in total. The molecule has 0 aliphatic carbocycles. The molecule has 20 heavy (non-hydrogen) atoms. The summed E-state index contributed by atoms with van der Waals surface area (Å²) in [5.41, 5.74) is 1.39. The minimum absolute atomic E-state index is 0.0536. The number of hydrogen-bond acceptors (Lipinski definition) is 2. The molecule has 0 saturated heterocycles. The predicted octanol–water partition coefficient (Wildman–Crippen LogP) is 5.00. The number of furan rings is 1. The van der Waals surface area contributed by atoms with Gasteiger partial charge in [-0.2, -0.15) is 0 Å². The predicted molar refractivity (Wildman–Crippen MR) is 82.4 cm³/mol. The zero-order valence-corrected chi connectivity index (χ0v) is 12.5. The molecule has 0 spiro atoms. The van der Waals surface area contributed by atoms with Crippen LogP contribution in [0.5, 0.6) is 0 Å². The van der Waals surface area contributed by atoms with Crippen molar-refractivity contribution in [3.63, 3.8) is 0 Å². The van der Waals surface area contributed by atoms with Gasteiger partial charge in [0, 0.05) is 10.9 Å². The number of carbonyl (C=O) groups is 1. The average molecular weight is 333 g/mol. The largest absolute Gasteiger partial charge is 0.475 e. The Balaban J connectivity index is 2.45. The smallest absolute Gasteiger partial charge is 0.372 e. The van der Waals surface area contributed by atoms with Crippen LogP contribution in [0.15, 0.2) is 39.2 Å². The van der Waals surface area contributed by atoms with Gasteiger partial charge in [-0.3, -0.25) is 0 Å². The van der Waals surface area contributed by atoms with E-state index in [1.54, 1.807) is 0 Å². The van der Waals surface area contributed by atoms with Crippen molar-refractivity contribution in [2.45, 2.75) is 19.8 Å². The van der Waals surface area contributed by atoms with Crippen molar-refractivity contribution in [2.24, 2.45) is 0 Å². The number of hydrogen-bond donors (Lipinski definition) is 1. The summed E-state index contributed by atoms with van der Waals surface area (Å²) in [5.74, 6) is -0.960.